The third kappa shape index (κ3) is 38.4. The van der Waals surface area contributed by atoms with Gasteiger partial charge in [-0.25, -0.2) is 24.2 Å². The number of unbranched alkanes of at least 4 members (excludes halogenated alkanes) is 22. The van der Waals surface area contributed by atoms with E-state index in [4.69, 9.17) is 5.26 Å². The maximum atomic E-state index is 11.6. The van der Waals surface area contributed by atoms with Crippen molar-refractivity contribution in [3.8, 4) is 0 Å². The Kier molecular flexibility index (Phi) is 36.8. The molecule has 0 radical (unpaired) electrons. The van der Waals surface area contributed by atoms with Crippen molar-refractivity contribution >= 4 is 17.9 Å². The fourth-order valence-corrected chi connectivity index (χ4v) is 4.61. The first kappa shape index (κ1) is 41.5. The van der Waals surface area contributed by atoms with Gasteiger partial charge in [-0.05, 0) is 19.3 Å². The van der Waals surface area contributed by atoms with Crippen LogP contribution in [0.2, 0.25) is 0 Å². The Morgan fingerprint density at radius 3 is 0.829 bits per heavy atom. The van der Waals surface area contributed by atoms with E-state index in [2.05, 4.69) is 35.4 Å². The summed E-state index contributed by atoms with van der Waals surface area (Å²) in [5.41, 5.74) is 0. The molecule has 41 heavy (non-hydrogen) atoms. The highest BCUT2D eigenvalue weighted by Crippen LogP contribution is 2.13. The maximum absolute atomic E-state index is 11.6. The Hall–Kier alpha value is -1.63. The van der Waals surface area contributed by atoms with E-state index in [0.29, 0.717) is 19.3 Å². The molecule has 0 spiro atoms. The number of hydrogen-bond donors (Lipinski definition) is 1. The molecule has 0 bridgehead atoms. The molecule has 0 aromatic carbocycles. The molecule has 0 atom stereocenters. The Bertz CT molecular complexity index is 531. The van der Waals surface area contributed by atoms with Gasteiger partial charge in [0.2, 0.25) is 0 Å². The van der Waals surface area contributed by atoms with E-state index in [-0.39, 0.29) is 0 Å². The quantitative estimate of drug-likeness (QED) is 0.0553. The zero-order chi connectivity index (χ0) is 30.7. The first-order chi connectivity index (χ1) is 20.0. The monoisotopic (exact) mass is 586 g/mol. The topological polar surface area (TPSA) is 99.1 Å². The lowest BCUT2D eigenvalue weighted by molar-refractivity contribution is -0.259. The smallest absolute Gasteiger partial charge is 0.301 e. The number of rotatable bonds is 28. The normalized spacial score (nSPS) is 10.5. The van der Waals surface area contributed by atoms with Crippen molar-refractivity contribution in [2.45, 2.75) is 201 Å². The van der Waals surface area contributed by atoms with Crippen LogP contribution in [0.4, 0.5) is 0 Å². The van der Waals surface area contributed by atoms with Crippen molar-refractivity contribution in [3.63, 3.8) is 0 Å². The lowest BCUT2D eigenvalue weighted by atomic mass is 10.1. The minimum absolute atomic E-state index is 0.334. The molecule has 1 N–H and O–H groups in total. The van der Waals surface area contributed by atoms with Gasteiger partial charge in [-0.15, -0.1) is 0 Å². The molecule has 0 aromatic rings. The minimum atomic E-state index is -0.520. The van der Waals surface area contributed by atoms with Crippen LogP contribution in [-0.2, 0) is 29.0 Å². The summed E-state index contributed by atoms with van der Waals surface area (Å²) >= 11 is 0. The molecule has 0 saturated heterocycles. The third-order valence-corrected chi connectivity index (χ3v) is 7.28. The molecular weight excluding hydrogens is 520 g/mol. The number of carbonyl (C=O) groups excluding carboxylic acids is 3. The Balaban J connectivity index is 0. The fraction of sp³-hybridized carbons (Fsp3) is 0.912. The first-order valence-electron chi connectivity index (χ1n) is 17.3. The van der Waals surface area contributed by atoms with E-state index in [0.717, 1.165) is 51.4 Å². The van der Waals surface area contributed by atoms with Gasteiger partial charge in [0.05, 0.1) is 12.8 Å². The van der Waals surface area contributed by atoms with Crippen LogP contribution in [0, 0.1) is 0 Å². The van der Waals surface area contributed by atoms with Gasteiger partial charge < -0.3 is 4.89 Å². The average molecular weight is 587 g/mol. The third-order valence-electron chi connectivity index (χ3n) is 7.28. The van der Waals surface area contributed by atoms with Gasteiger partial charge in [0.25, 0.3) is 0 Å². The lowest BCUT2D eigenvalue weighted by Crippen LogP contribution is -2.11. The average Bonchev–Trinajstić information content (AvgIpc) is 2.98. The standard InChI is InChI=1S/C24H46O4.C10H20O3/c1-3-5-7-9-11-13-15-17-19-21-23(25)27-28-24(26)22-20-18-16-14-12-10-8-6-4-2;1-2-3-4-5-6-7-8-9-10(11)13-12/h3-22H2,1-2H3;12H,2-9H2,1H3. The van der Waals surface area contributed by atoms with Crippen LogP contribution in [-0.4, -0.2) is 23.2 Å². The van der Waals surface area contributed by atoms with Crippen LogP contribution in [0.1, 0.15) is 201 Å². The van der Waals surface area contributed by atoms with E-state index in [1.54, 1.807) is 0 Å². The molecule has 0 saturated carbocycles. The maximum Gasteiger partial charge on any atom is 0.355 e. The van der Waals surface area contributed by atoms with E-state index in [9.17, 15) is 14.4 Å². The van der Waals surface area contributed by atoms with Gasteiger partial charge in [-0.3, -0.25) is 0 Å². The van der Waals surface area contributed by atoms with Crippen molar-refractivity contribution < 1.29 is 34.3 Å². The molecule has 0 amide bonds. The van der Waals surface area contributed by atoms with Gasteiger partial charge in [0.15, 0.2) is 0 Å². The molecule has 0 aromatic heterocycles. The van der Waals surface area contributed by atoms with E-state index in [1.165, 1.54) is 109 Å². The van der Waals surface area contributed by atoms with Crippen molar-refractivity contribution in [1.29, 1.82) is 0 Å². The van der Waals surface area contributed by atoms with Crippen LogP contribution in [0.5, 0.6) is 0 Å². The van der Waals surface area contributed by atoms with Crippen LogP contribution in [0.15, 0.2) is 0 Å². The first-order valence-corrected chi connectivity index (χ1v) is 17.3. The zero-order valence-corrected chi connectivity index (χ0v) is 27.2. The highest BCUT2D eigenvalue weighted by Gasteiger charge is 2.09. The van der Waals surface area contributed by atoms with Gasteiger partial charge in [0, 0.05) is 6.42 Å². The fourth-order valence-electron chi connectivity index (χ4n) is 4.61. The number of hydrogen-bond acceptors (Lipinski definition) is 7. The molecule has 7 nitrogen and oxygen atoms in total. The second-order valence-corrected chi connectivity index (χ2v) is 11.4. The molecular formula is C34H66O7. The predicted molar refractivity (Wildman–Crippen MR) is 167 cm³/mol. The predicted octanol–water partition coefficient (Wildman–Crippen LogP) is 11.0. The van der Waals surface area contributed by atoms with Crippen LogP contribution >= 0.6 is 0 Å². The van der Waals surface area contributed by atoms with E-state index in [1.807, 2.05) is 0 Å². The van der Waals surface area contributed by atoms with Gasteiger partial charge in [-0.1, -0.05) is 162 Å². The zero-order valence-electron chi connectivity index (χ0n) is 27.2. The molecule has 0 unspecified atom stereocenters. The lowest BCUT2D eigenvalue weighted by Gasteiger charge is -2.04. The van der Waals surface area contributed by atoms with Gasteiger partial charge in [0.1, 0.15) is 0 Å². The molecule has 0 heterocycles. The van der Waals surface area contributed by atoms with E-state index < -0.39 is 17.9 Å². The summed E-state index contributed by atoms with van der Waals surface area (Å²) in [7, 11) is 0. The van der Waals surface area contributed by atoms with Crippen LogP contribution in [0.25, 0.3) is 0 Å². The van der Waals surface area contributed by atoms with Gasteiger partial charge in [-0.2, -0.15) is 5.26 Å². The van der Waals surface area contributed by atoms with Crippen molar-refractivity contribution in [3.05, 3.63) is 0 Å². The second kappa shape index (κ2) is 36.4. The van der Waals surface area contributed by atoms with E-state index >= 15 is 0 Å². The molecule has 0 fully saturated rings. The molecule has 0 aliphatic heterocycles. The van der Waals surface area contributed by atoms with Crippen molar-refractivity contribution in [2.75, 3.05) is 0 Å². The Morgan fingerprint density at radius 2 is 0.585 bits per heavy atom. The second-order valence-electron chi connectivity index (χ2n) is 11.4. The molecule has 244 valence electrons. The highest BCUT2D eigenvalue weighted by atomic mass is 17.2. The SMILES string of the molecule is CCCCCCCCCC(=O)OO.CCCCCCCCCCCC(=O)OOC(=O)CCCCCCCCCCC. The summed E-state index contributed by atoms with van der Waals surface area (Å²) in [6.45, 7) is 6.65. The summed E-state index contributed by atoms with van der Waals surface area (Å²) in [5, 5.41) is 7.96. The molecule has 7 heteroatoms. The molecule has 0 aliphatic rings. The summed E-state index contributed by atoms with van der Waals surface area (Å²) in [4.78, 5) is 46.4. The largest absolute Gasteiger partial charge is 0.355 e. The summed E-state index contributed by atoms with van der Waals surface area (Å²) in [6, 6.07) is 0. The summed E-state index contributed by atoms with van der Waals surface area (Å²) < 4.78 is 0. The Morgan fingerprint density at radius 1 is 0.366 bits per heavy atom. The van der Waals surface area contributed by atoms with Crippen molar-refractivity contribution in [2.24, 2.45) is 0 Å². The highest BCUT2D eigenvalue weighted by molar-refractivity contribution is 5.72. The van der Waals surface area contributed by atoms with Gasteiger partial charge >= 0.3 is 17.9 Å². The molecule has 0 rings (SSSR count). The number of carbonyl (C=O) groups is 3. The molecule has 0 aliphatic carbocycles. The minimum Gasteiger partial charge on any atom is -0.301 e. The van der Waals surface area contributed by atoms with Crippen LogP contribution in [0.3, 0.4) is 0 Å². The van der Waals surface area contributed by atoms with Crippen molar-refractivity contribution in [1.82, 2.24) is 0 Å². The summed E-state index contributed by atoms with van der Waals surface area (Å²) in [6.07, 6.45) is 30.8. The summed E-state index contributed by atoms with van der Waals surface area (Å²) in [5.74, 6) is -1.37. The Labute approximate surface area is 252 Å². The van der Waals surface area contributed by atoms with Crippen LogP contribution < -0.4 is 0 Å².